The average Bonchev–Trinajstić information content (AvgIpc) is 2.36. The van der Waals surface area contributed by atoms with Crippen LogP contribution in [0.1, 0.15) is 5.69 Å². The minimum Gasteiger partial charge on any atom is -0.231 e. The summed E-state index contributed by atoms with van der Waals surface area (Å²) in [6.45, 7) is 1.99. The van der Waals surface area contributed by atoms with E-state index in [1.165, 1.54) is 4.90 Å². The van der Waals surface area contributed by atoms with E-state index in [-0.39, 0.29) is 0 Å². The Kier molecular flexibility index (Phi) is 4.88. The number of aromatic nitrogens is 2. The van der Waals surface area contributed by atoms with E-state index < -0.39 is 0 Å². The van der Waals surface area contributed by atoms with Crippen molar-refractivity contribution in [1.82, 2.24) is 9.97 Å². The number of benzene rings is 1. The molecule has 0 fully saturated rings. The Bertz CT molecular complexity index is 460. The van der Waals surface area contributed by atoms with Crippen molar-refractivity contribution >= 4 is 23.5 Å². The van der Waals surface area contributed by atoms with E-state index in [4.69, 9.17) is 0 Å². The second-order valence-electron chi connectivity index (χ2n) is 3.49. The van der Waals surface area contributed by atoms with Crippen LogP contribution in [0.5, 0.6) is 0 Å². The monoisotopic (exact) mass is 262 g/mol. The molecule has 0 spiro atoms. The molecule has 4 heteroatoms. The second-order valence-corrected chi connectivity index (χ2v) is 5.72. The zero-order valence-corrected chi connectivity index (χ0v) is 11.3. The molecule has 1 aromatic carbocycles. The van der Waals surface area contributed by atoms with Crippen LogP contribution in [0.25, 0.3) is 0 Å². The fourth-order valence-electron chi connectivity index (χ4n) is 1.30. The molecule has 88 valence electrons. The highest BCUT2D eigenvalue weighted by molar-refractivity contribution is 8.02. The molecule has 1 heterocycles. The maximum absolute atomic E-state index is 4.36. The van der Waals surface area contributed by atoms with Gasteiger partial charge >= 0.3 is 0 Å². The molecule has 0 radical (unpaired) electrons. The Morgan fingerprint density at radius 2 is 1.76 bits per heavy atom. The van der Waals surface area contributed by atoms with E-state index in [9.17, 15) is 0 Å². The summed E-state index contributed by atoms with van der Waals surface area (Å²) >= 11 is 3.58. The highest BCUT2D eigenvalue weighted by atomic mass is 32.2. The van der Waals surface area contributed by atoms with Gasteiger partial charge in [-0.05, 0) is 25.1 Å². The first-order valence-corrected chi connectivity index (χ1v) is 7.42. The third-order valence-corrected chi connectivity index (χ3v) is 4.23. The third kappa shape index (κ3) is 4.40. The first-order valence-electron chi connectivity index (χ1n) is 5.45. The normalized spacial score (nSPS) is 10.4. The molecule has 0 N–H and O–H groups in total. The number of hydrogen-bond acceptors (Lipinski definition) is 4. The predicted molar refractivity (Wildman–Crippen MR) is 74.7 cm³/mol. The van der Waals surface area contributed by atoms with Crippen LogP contribution in [0, 0.1) is 6.92 Å². The van der Waals surface area contributed by atoms with Gasteiger partial charge in [0.25, 0.3) is 0 Å². The van der Waals surface area contributed by atoms with E-state index >= 15 is 0 Å². The van der Waals surface area contributed by atoms with Crippen LogP contribution in [0.3, 0.4) is 0 Å². The Morgan fingerprint density at radius 1 is 1.00 bits per heavy atom. The van der Waals surface area contributed by atoms with Gasteiger partial charge in [-0.25, -0.2) is 9.97 Å². The van der Waals surface area contributed by atoms with Crippen molar-refractivity contribution in [1.29, 1.82) is 0 Å². The second kappa shape index (κ2) is 6.67. The van der Waals surface area contributed by atoms with Crippen LogP contribution in [0.2, 0.25) is 0 Å². The molecular weight excluding hydrogens is 248 g/mol. The van der Waals surface area contributed by atoms with Crippen LogP contribution in [0.15, 0.2) is 52.6 Å². The van der Waals surface area contributed by atoms with Gasteiger partial charge in [-0.3, -0.25) is 0 Å². The van der Waals surface area contributed by atoms with Gasteiger partial charge in [0, 0.05) is 28.3 Å². The molecule has 2 aromatic rings. The number of aryl methyl sites for hydroxylation is 1. The lowest BCUT2D eigenvalue weighted by molar-refractivity contribution is 0.933. The van der Waals surface area contributed by atoms with Gasteiger partial charge in [0.05, 0.1) is 0 Å². The highest BCUT2D eigenvalue weighted by Gasteiger charge is 1.98. The lowest BCUT2D eigenvalue weighted by atomic mass is 10.4. The lowest BCUT2D eigenvalue weighted by Gasteiger charge is -2.01. The smallest absolute Gasteiger partial charge is 0.187 e. The molecule has 0 bridgehead atoms. The number of nitrogens with zero attached hydrogens (tertiary/aromatic N) is 2. The Labute approximate surface area is 110 Å². The zero-order chi connectivity index (χ0) is 11.9. The van der Waals surface area contributed by atoms with Crippen molar-refractivity contribution < 1.29 is 0 Å². The maximum atomic E-state index is 4.36. The van der Waals surface area contributed by atoms with E-state index in [1.807, 2.05) is 37.0 Å². The highest BCUT2D eigenvalue weighted by Crippen LogP contribution is 2.20. The van der Waals surface area contributed by atoms with Gasteiger partial charge in [0.15, 0.2) is 5.16 Å². The van der Waals surface area contributed by atoms with Crippen molar-refractivity contribution in [2.75, 3.05) is 11.5 Å². The van der Waals surface area contributed by atoms with Gasteiger partial charge in [-0.1, -0.05) is 30.0 Å². The van der Waals surface area contributed by atoms with Crippen LogP contribution >= 0.6 is 23.5 Å². The van der Waals surface area contributed by atoms with E-state index in [0.29, 0.717) is 0 Å². The molecule has 0 aliphatic carbocycles. The van der Waals surface area contributed by atoms with Gasteiger partial charge < -0.3 is 0 Å². The van der Waals surface area contributed by atoms with Crippen molar-refractivity contribution in [2.24, 2.45) is 0 Å². The first kappa shape index (κ1) is 12.5. The van der Waals surface area contributed by atoms with Crippen LogP contribution in [-0.2, 0) is 0 Å². The molecule has 0 aliphatic heterocycles. The maximum Gasteiger partial charge on any atom is 0.187 e. The molecule has 0 atom stereocenters. The third-order valence-electron chi connectivity index (χ3n) is 2.10. The minimum atomic E-state index is 0.874. The number of hydrogen-bond donors (Lipinski definition) is 0. The standard InChI is InChI=1S/C13H14N2S2/c1-11-7-8-14-13(15-11)17-10-9-16-12-5-3-2-4-6-12/h2-8H,9-10H2,1H3. The average molecular weight is 262 g/mol. The SMILES string of the molecule is Cc1ccnc(SCCSc2ccccc2)n1. The van der Waals surface area contributed by atoms with Crippen molar-refractivity contribution in [3.8, 4) is 0 Å². The largest absolute Gasteiger partial charge is 0.231 e. The summed E-state index contributed by atoms with van der Waals surface area (Å²) in [6, 6.07) is 12.4. The van der Waals surface area contributed by atoms with Gasteiger partial charge in [0.2, 0.25) is 0 Å². The van der Waals surface area contributed by atoms with Gasteiger partial charge in [0.1, 0.15) is 0 Å². The summed E-state index contributed by atoms with van der Waals surface area (Å²) in [5.41, 5.74) is 1.03. The van der Waals surface area contributed by atoms with Crippen molar-refractivity contribution in [3.05, 3.63) is 48.3 Å². The fraction of sp³-hybridized carbons (Fsp3) is 0.231. The van der Waals surface area contributed by atoms with Gasteiger partial charge in [-0.15, -0.1) is 11.8 Å². The predicted octanol–water partition coefficient (Wildman–Crippen LogP) is 3.67. The number of rotatable bonds is 5. The van der Waals surface area contributed by atoms with E-state index in [0.717, 1.165) is 22.4 Å². The summed E-state index contributed by atoms with van der Waals surface area (Å²) in [4.78, 5) is 9.90. The topological polar surface area (TPSA) is 25.8 Å². The Balaban J connectivity index is 1.73. The zero-order valence-electron chi connectivity index (χ0n) is 9.67. The van der Waals surface area contributed by atoms with Crippen molar-refractivity contribution in [2.45, 2.75) is 17.0 Å². The van der Waals surface area contributed by atoms with Gasteiger partial charge in [-0.2, -0.15) is 0 Å². The van der Waals surface area contributed by atoms with E-state index in [2.05, 4.69) is 34.2 Å². The molecule has 0 saturated heterocycles. The molecule has 0 saturated carbocycles. The fourth-order valence-corrected chi connectivity index (χ4v) is 3.08. The van der Waals surface area contributed by atoms with Crippen LogP contribution in [0.4, 0.5) is 0 Å². The molecule has 0 amide bonds. The molecule has 2 rings (SSSR count). The molecule has 2 nitrogen and oxygen atoms in total. The van der Waals surface area contributed by atoms with Crippen molar-refractivity contribution in [3.63, 3.8) is 0 Å². The molecule has 0 aliphatic rings. The summed E-state index contributed by atoms with van der Waals surface area (Å²) in [7, 11) is 0. The quantitative estimate of drug-likeness (QED) is 0.466. The summed E-state index contributed by atoms with van der Waals surface area (Å²) in [5, 5.41) is 0.874. The first-order chi connectivity index (χ1) is 8.34. The lowest BCUT2D eigenvalue weighted by Crippen LogP contribution is -1.91. The van der Waals surface area contributed by atoms with Crippen LogP contribution < -0.4 is 0 Å². The van der Waals surface area contributed by atoms with E-state index in [1.54, 1.807) is 11.8 Å². The summed E-state index contributed by atoms with van der Waals surface area (Å²) in [5.74, 6) is 2.11. The van der Waals surface area contributed by atoms with Crippen LogP contribution in [-0.4, -0.2) is 21.5 Å². The summed E-state index contributed by atoms with van der Waals surface area (Å²) in [6.07, 6.45) is 1.81. The summed E-state index contributed by atoms with van der Waals surface area (Å²) < 4.78 is 0. The Morgan fingerprint density at radius 3 is 2.53 bits per heavy atom. The number of thioether (sulfide) groups is 2. The molecule has 1 aromatic heterocycles. The molecular formula is C13H14N2S2. The molecule has 17 heavy (non-hydrogen) atoms. The Hall–Kier alpha value is -1.00. The minimum absolute atomic E-state index is 0.874. The molecule has 0 unspecified atom stereocenters.